The van der Waals surface area contributed by atoms with E-state index in [1.165, 1.54) is 0 Å². The number of phosphoric acid groups is 2. The van der Waals surface area contributed by atoms with E-state index in [4.69, 9.17) is 19.6 Å². The summed E-state index contributed by atoms with van der Waals surface area (Å²) in [6.07, 6.45) is -2.14. The predicted molar refractivity (Wildman–Crippen MR) is 73.6 cm³/mol. The first kappa shape index (κ1) is 43.0. The summed E-state index contributed by atoms with van der Waals surface area (Å²) in [6.45, 7) is 0. The number of carbonyl (C=O) groups is 1. The Morgan fingerprint density at radius 3 is 1.11 bits per heavy atom. The molecule has 0 fully saturated rings. The van der Waals surface area contributed by atoms with Crippen molar-refractivity contribution in [2.24, 2.45) is 0 Å². The summed E-state index contributed by atoms with van der Waals surface area (Å²) in [5.41, 5.74) is 0. The van der Waals surface area contributed by atoms with Gasteiger partial charge in [0.15, 0.2) is 0 Å². The molecule has 0 aliphatic rings. The quantitative estimate of drug-likeness (QED) is 0.247. The largest absolute Gasteiger partial charge is 2.00 e. The van der Waals surface area contributed by atoms with Crippen LogP contribution in [-0.2, 0) is 18.2 Å². The van der Waals surface area contributed by atoms with E-state index in [0.29, 0.717) is 0 Å². The Hall–Kier alpha value is 3.54. The number of carbonyl (C=O) groups excluding carboxylic acids is 1. The molecule has 17 heteroatoms. The van der Waals surface area contributed by atoms with E-state index in [-0.39, 0.29) is 145 Å². The van der Waals surface area contributed by atoms with Crippen LogP contribution < -0.4 is 12.3 Å². The van der Waals surface area contributed by atoms with Crippen molar-refractivity contribution in [2.45, 2.75) is 0 Å². The van der Waals surface area contributed by atoms with E-state index in [1.807, 2.05) is 0 Å². The van der Waals surface area contributed by atoms with Crippen LogP contribution in [0.2, 0.25) is 0 Å². The second-order valence-electron chi connectivity index (χ2n) is 1.41. The normalized spacial score (nSPS) is 8.22. The molecule has 0 bridgehead atoms. The Kier molecular flexibility index (Phi) is 44.4. The first-order chi connectivity index (χ1) is 5.10. The molecule has 0 aliphatic carbocycles. The van der Waals surface area contributed by atoms with Crippen molar-refractivity contribution in [1.29, 1.82) is 0 Å². The molecule has 0 aromatic rings. The fraction of sp³-hybridized carbons (Fsp3) is 0. The fourth-order valence-corrected chi connectivity index (χ4v) is 0.733. The maximum atomic E-state index is 10.0. The maximum Gasteiger partial charge on any atom is 2.00 e. The molecule has 18 heavy (non-hydrogen) atoms. The minimum atomic E-state index is -5.13. The zero-order chi connectivity index (χ0) is 9.99. The summed E-state index contributed by atoms with van der Waals surface area (Å²) in [4.78, 5) is 41.7. The number of rotatable bonds is 2. The van der Waals surface area contributed by atoms with Gasteiger partial charge in [-0.3, -0.25) is 19.6 Å². The molecule has 0 spiro atoms. The van der Waals surface area contributed by atoms with Crippen LogP contribution >= 0.6 is 15.6 Å². The van der Waals surface area contributed by atoms with Crippen molar-refractivity contribution in [1.82, 2.24) is 12.3 Å². The van der Waals surface area contributed by atoms with E-state index < -0.39 is 21.8 Å². The SMILES string of the molecule is N.N.O=C(OP(=O)(O)O)OP(=O)(O)O.[Ca+2].[Ca+2].[H-].[H-].[H-].[H-].[H-].[H-].[H-].[H-].[Mg+2].[Mg+2]. The van der Waals surface area contributed by atoms with Gasteiger partial charge in [-0.1, -0.05) is 0 Å². The van der Waals surface area contributed by atoms with Gasteiger partial charge in [-0.15, -0.1) is 0 Å². The third kappa shape index (κ3) is 36.6. The number of hydrogen-bond donors (Lipinski definition) is 6. The molecule has 0 amide bonds. The van der Waals surface area contributed by atoms with Crippen LogP contribution in [0.25, 0.3) is 0 Å². The molecule has 104 valence electrons. The van der Waals surface area contributed by atoms with Gasteiger partial charge in [0.25, 0.3) is 0 Å². The third-order valence-corrected chi connectivity index (χ3v) is 1.16. The molecule has 0 saturated heterocycles. The first-order valence-electron chi connectivity index (χ1n) is 2.14. The average molecular weight is 393 g/mol. The summed E-state index contributed by atoms with van der Waals surface area (Å²) in [5.74, 6) is 0. The number of hydrogen-bond acceptors (Lipinski definition) is 7. The summed E-state index contributed by atoms with van der Waals surface area (Å²) >= 11 is 0. The molecule has 0 aromatic heterocycles. The van der Waals surface area contributed by atoms with Crippen molar-refractivity contribution in [3.8, 4) is 0 Å². The van der Waals surface area contributed by atoms with Gasteiger partial charge in [-0.2, -0.15) is 0 Å². The van der Waals surface area contributed by atoms with E-state index in [9.17, 15) is 13.9 Å². The second-order valence-corrected chi connectivity index (χ2v) is 3.74. The molecule has 0 saturated carbocycles. The Morgan fingerprint density at radius 2 is 1.00 bits per heavy atom. The fourth-order valence-electron chi connectivity index (χ4n) is 0.211. The van der Waals surface area contributed by atoms with Crippen LogP contribution in [0.1, 0.15) is 11.4 Å². The van der Waals surface area contributed by atoms with Crippen molar-refractivity contribution in [2.75, 3.05) is 0 Å². The maximum absolute atomic E-state index is 10.0. The molecule has 0 atom stereocenters. The van der Waals surface area contributed by atoms with Gasteiger partial charge >= 0.3 is 143 Å². The van der Waals surface area contributed by atoms with Crippen molar-refractivity contribution < 1.29 is 54.0 Å². The van der Waals surface area contributed by atoms with Crippen LogP contribution in [0.4, 0.5) is 4.79 Å². The Morgan fingerprint density at radius 1 is 0.833 bits per heavy atom. The van der Waals surface area contributed by atoms with E-state index in [2.05, 4.69) is 9.05 Å². The van der Waals surface area contributed by atoms with Crippen molar-refractivity contribution in [3.63, 3.8) is 0 Å². The Balaban J connectivity index is -0.00000000665. The van der Waals surface area contributed by atoms with Gasteiger partial charge in [0.2, 0.25) is 0 Å². The Bertz CT molecular complexity index is 277. The topological polar surface area (TPSA) is 221 Å². The van der Waals surface area contributed by atoms with Crippen LogP contribution in [0.15, 0.2) is 0 Å². The molecule has 0 aliphatic heterocycles. The zero-order valence-corrected chi connectivity index (χ0v) is 18.5. The van der Waals surface area contributed by atoms with Crippen LogP contribution in [0, 0.1) is 0 Å². The van der Waals surface area contributed by atoms with Gasteiger partial charge < -0.3 is 32.8 Å². The third-order valence-electron chi connectivity index (χ3n) is 0.387. The standard InChI is InChI=1S/CH4O9P2.2Ca.2Mg.2H3N.8H/c2-1(9-11(3,4)5)10-12(6,7)8;;;;;;;;;;;;;;/h(H2,3,4,5)(H2,6,7,8);;;;;2*1H3;;;;;;;;/q;4*+2;;;8*-1. The van der Waals surface area contributed by atoms with Crippen LogP contribution in [0.3, 0.4) is 0 Å². The molecule has 0 rings (SSSR count). The van der Waals surface area contributed by atoms with E-state index >= 15 is 0 Å². The molecule has 10 N–H and O–H groups in total. The smallest absolute Gasteiger partial charge is 1.00 e. The molecule has 11 nitrogen and oxygen atoms in total. The van der Waals surface area contributed by atoms with Gasteiger partial charge in [0, 0.05) is 0 Å². The molecular formula is CH18Ca2Mg2N2O9P2. The summed E-state index contributed by atoms with van der Waals surface area (Å²) < 4.78 is 25.9. The second kappa shape index (κ2) is 18.6. The van der Waals surface area contributed by atoms with Crippen molar-refractivity contribution >= 4 is 143 Å². The summed E-state index contributed by atoms with van der Waals surface area (Å²) in [6, 6.07) is 0. The van der Waals surface area contributed by atoms with E-state index in [1.54, 1.807) is 0 Å². The predicted octanol–water partition coefficient (Wildman–Crippen LogP) is -0.974. The molecule has 0 aromatic carbocycles. The van der Waals surface area contributed by atoms with E-state index in [0.717, 1.165) is 0 Å². The summed E-state index contributed by atoms with van der Waals surface area (Å²) in [7, 11) is -10.3. The molecule has 0 heterocycles. The average Bonchev–Trinajstić information content (AvgIpc) is 1.49. The minimum Gasteiger partial charge on any atom is -1.00 e. The first-order valence-corrected chi connectivity index (χ1v) is 5.20. The Labute approximate surface area is 206 Å². The van der Waals surface area contributed by atoms with Crippen molar-refractivity contribution in [3.05, 3.63) is 0 Å². The van der Waals surface area contributed by atoms with Gasteiger partial charge in [0.1, 0.15) is 0 Å². The zero-order valence-electron chi connectivity index (χ0n) is 17.5. The van der Waals surface area contributed by atoms with Crippen LogP contribution in [-0.4, -0.2) is 147 Å². The van der Waals surface area contributed by atoms with Gasteiger partial charge in [0.05, 0.1) is 0 Å². The summed E-state index contributed by atoms with van der Waals surface area (Å²) in [5, 5.41) is 0. The van der Waals surface area contributed by atoms with Crippen LogP contribution in [0.5, 0.6) is 0 Å². The molecule has 0 radical (unpaired) electrons. The van der Waals surface area contributed by atoms with Gasteiger partial charge in [-0.25, -0.2) is 13.9 Å². The van der Waals surface area contributed by atoms with Gasteiger partial charge in [-0.05, 0) is 0 Å². The number of phosphoric ester groups is 2. The minimum absolute atomic E-state index is 0. The molecular weight excluding hydrogens is 375 g/mol. The monoisotopic (exact) mass is 392 g/mol. The molecule has 0 unspecified atom stereocenters.